The van der Waals surface area contributed by atoms with Crippen LogP contribution in [-0.2, 0) is 17.9 Å². The zero-order valence-corrected chi connectivity index (χ0v) is 14.6. The SMILES string of the molecule is CCn1cc(Cn2cc(NC(=O)/C=C/c3cccc([N+](=O)[O-])c3)cn2)cn1. The highest BCUT2D eigenvalue weighted by Gasteiger charge is 2.06. The van der Waals surface area contributed by atoms with Crippen molar-refractivity contribution in [3.8, 4) is 0 Å². The molecule has 3 rings (SSSR count). The fourth-order valence-electron chi connectivity index (χ4n) is 2.46. The Hall–Kier alpha value is -3.75. The van der Waals surface area contributed by atoms with Crippen molar-refractivity contribution >= 4 is 23.4 Å². The summed E-state index contributed by atoms with van der Waals surface area (Å²) in [7, 11) is 0. The number of hydrogen-bond donors (Lipinski definition) is 1. The predicted molar refractivity (Wildman–Crippen MR) is 100.0 cm³/mol. The van der Waals surface area contributed by atoms with Crippen LogP contribution in [-0.4, -0.2) is 30.4 Å². The molecule has 2 heterocycles. The third-order valence-corrected chi connectivity index (χ3v) is 3.76. The molecule has 27 heavy (non-hydrogen) atoms. The van der Waals surface area contributed by atoms with Gasteiger partial charge in [0, 0.05) is 42.7 Å². The van der Waals surface area contributed by atoms with Crippen molar-refractivity contribution < 1.29 is 9.72 Å². The molecule has 1 amide bonds. The van der Waals surface area contributed by atoms with E-state index in [2.05, 4.69) is 15.5 Å². The lowest BCUT2D eigenvalue weighted by Gasteiger charge is -1.99. The number of amides is 1. The largest absolute Gasteiger partial charge is 0.320 e. The van der Waals surface area contributed by atoms with Crippen LogP contribution in [0.5, 0.6) is 0 Å². The van der Waals surface area contributed by atoms with Gasteiger partial charge in [-0.15, -0.1) is 0 Å². The highest BCUT2D eigenvalue weighted by Crippen LogP contribution is 2.14. The molecule has 0 saturated carbocycles. The van der Waals surface area contributed by atoms with E-state index in [9.17, 15) is 14.9 Å². The standard InChI is InChI=1S/C18H18N6O3/c1-2-22-11-15(9-19-22)12-23-13-16(10-20-23)21-18(25)7-6-14-4-3-5-17(8-14)24(26)27/h3-11,13H,2,12H2,1H3,(H,21,25)/b7-6+. The molecule has 0 unspecified atom stereocenters. The van der Waals surface area contributed by atoms with Gasteiger partial charge in [0.1, 0.15) is 0 Å². The molecule has 0 radical (unpaired) electrons. The minimum absolute atomic E-state index is 0.0229. The zero-order valence-electron chi connectivity index (χ0n) is 14.6. The molecule has 9 nitrogen and oxygen atoms in total. The minimum Gasteiger partial charge on any atom is -0.320 e. The summed E-state index contributed by atoms with van der Waals surface area (Å²) in [5.74, 6) is -0.347. The topological polar surface area (TPSA) is 108 Å². The highest BCUT2D eigenvalue weighted by molar-refractivity contribution is 6.01. The van der Waals surface area contributed by atoms with E-state index >= 15 is 0 Å². The van der Waals surface area contributed by atoms with Crippen molar-refractivity contribution in [2.75, 3.05) is 5.32 Å². The first-order valence-electron chi connectivity index (χ1n) is 8.31. The van der Waals surface area contributed by atoms with E-state index in [1.807, 2.05) is 17.8 Å². The fourth-order valence-corrected chi connectivity index (χ4v) is 2.46. The number of carbonyl (C=O) groups is 1. The first kappa shape index (κ1) is 18.1. The van der Waals surface area contributed by atoms with Gasteiger partial charge in [0.25, 0.3) is 5.69 Å². The van der Waals surface area contributed by atoms with E-state index in [-0.39, 0.29) is 11.6 Å². The predicted octanol–water partition coefficient (Wildman–Crippen LogP) is 2.71. The molecule has 0 aliphatic rings. The Labute approximate surface area is 155 Å². The molecular weight excluding hydrogens is 348 g/mol. The summed E-state index contributed by atoms with van der Waals surface area (Å²) in [6.45, 7) is 3.37. The number of nitrogens with zero attached hydrogens (tertiary/aromatic N) is 5. The molecule has 0 saturated heterocycles. The van der Waals surface area contributed by atoms with Gasteiger partial charge in [-0.1, -0.05) is 12.1 Å². The van der Waals surface area contributed by atoms with E-state index in [4.69, 9.17) is 0 Å². The van der Waals surface area contributed by atoms with Crippen LogP contribution in [0.3, 0.4) is 0 Å². The van der Waals surface area contributed by atoms with Gasteiger partial charge in [-0.05, 0) is 18.6 Å². The van der Waals surface area contributed by atoms with E-state index < -0.39 is 4.92 Å². The third kappa shape index (κ3) is 4.88. The molecule has 3 aromatic rings. The van der Waals surface area contributed by atoms with Gasteiger partial charge in [0.2, 0.25) is 5.91 Å². The Balaban J connectivity index is 1.59. The van der Waals surface area contributed by atoms with E-state index in [1.165, 1.54) is 24.3 Å². The molecule has 0 aliphatic heterocycles. The van der Waals surface area contributed by atoms with Crippen LogP contribution in [0.1, 0.15) is 18.1 Å². The molecule has 1 N–H and O–H groups in total. The average Bonchev–Trinajstić information content (AvgIpc) is 3.30. The molecule has 1 aromatic carbocycles. The molecule has 0 atom stereocenters. The number of nitro groups is 1. The maximum absolute atomic E-state index is 12.0. The first-order chi connectivity index (χ1) is 13.0. The van der Waals surface area contributed by atoms with Crippen LogP contribution in [0.2, 0.25) is 0 Å². The quantitative estimate of drug-likeness (QED) is 0.393. The van der Waals surface area contributed by atoms with E-state index in [1.54, 1.807) is 35.4 Å². The number of hydrogen-bond acceptors (Lipinski definition) is 5. The monoisotopic (exact) mass is 366 g/mol. The second-order valence-corrected chi connectivity index (χ2v) is 5.81. The fraction of sp³-hybridized carbons (Fsp3) is 0.167. The lowest BCUT2D eigenvalue weighted by molar-refractivity contribution is -0.384. The van der Waals surface area contributed by atoms with Crippen molar-refractivity contribution in [3.63, 3.8) is 0 Å². The van der Waals surface area contributed by atoms with Gasteiger partial charge < -0.3 is 5.32 Å². The van der Waals surface area contributed by atoms with Crippen molar-refractivity contribution in [3.05, 3.63) is 76.4 Å². The Kier molecular flexibility index (Phi) is 5.41. The average molecular weight is 366 g/mol. The number of benzene rings is 1. The van der Waals surface area contributed by atoms with Crippen LogP contribution < -0.4 is 5.32 Å². The van der Waals surface area contributed by atoms with Gasteiger partial charge in [0.15, 0.2) is 0 Å². The number of aromatic nitrogens is 4. The zero-order chi connectivity index (χ0) is 19.2. The van der Waals surface area contributed by atoms with Crippen LogP contribution in [0, 0.1) is 10.1 Å². The molecule has 0 spiro atoms. The summed E-state index contributed by atoms with van der Waals surface area (Å²) in [4.78, 5) is 22.3. The van der Waals surface area contributed by atoms with Crippen LogP contribution in [0.15, 0.2) is 55.1 Å². The first-order valence-corrected chi connectivity index (χ1v) is 8.31. The number of nitro benzene ring substituents is 1. The van der Waals surface area contributed by atoms with Crippen LogP contribution in [0.4, 0.5) is 11.4 Å². The summed E-state index contributed by atoms with van der Waals surface area (Å²) in [6.07, 6.45) is 9.85. The maximum Gasteiger partial charge on any atom is 0.270 e. The molecule has 0 fully saturated rings. The van der Waals surface area contributed by atoms with Gasteiger partial charge in [-0.3, -0.25) is 24.3 Å². The number of rotatable bonds is 7. The number of carbonyl (C=O) groups excluding carboxylic acids is 1. The third-order valence-electron chi connectivity index (χ3n) is 3.76. The van der Waals surface area contributed by atoms with Gasteiger partial charge in [-0.25, -0.2) is 0 Å². The Bertz CT molecular complexity index is 988. The number of non-ortho nitro benzene ring substituents is 1. The van der Waals surface area contributed by atoms with Crippen molar-refractivity contribution in [1.29, 1.82) is 0 Å². The number of anilines is 1. The lowest BCUT2D eigenvalue weighted by Crippen LogP contribution is -2.07. The Morgan fingerprint density at radius 2 is 2.07 bits per heavy atom. The minimum atomic E-state index is -0.476. The number of aryl methyl sites for hydroxylation is 1. The number of nitrogens with one attached hydrogen (secondary N) is 1. The lowest BCUT2D eigenvalue weighted by atomic mass is 10.2. The molecule has 0 aliphatic carbocycles. The summed E-state index contributed by atoms with van der Waals surface area (Å²) in [5.41, 5.74) is 2.13. The second kappa shape index (κ2) is 8.09. The molecule has 0 bridgehead atoms. The molecule has 2 aromatic heterocycles. The second-order valence-electron chi connectivity index (χ2n) is 5.81. The Morgan fingerprint density at radius 1 is 1.26 bits per heavy atom. The normalized spacial score (nSPS) is 11.0. The van der Waals surface area contributed by atoms with E-state index in [0.717, 1.165) is 12.1 Å². The maximum atomic E-state index is 12.0. The summed E-state index contributed by atoms with van der Waals surface area (Å²) in [5, 5.41) is 21.9. The van der Waals surface area contributed by atoms with Gasteiger partial charge in [0.05, 0.1) is 29.5 Å². The Morgan fingerprint density at radius 3 is 2.81 bits per heavy atom. The highest BCUT2D eigenvalue weighted by atomic mass is 16.6. The van der Waals surface area contributed by atoms with Crippen molar-refractivity contribution in [2.24, 2.45) is 0 Å². The van der Waals surface area contributed by atoms with E-state index in [0.29, 0.717) is 17.8 Å². The smallest absolute Gasteiger partial charge is 0.270 e. The molecule has 9 heteroatoms. The molecular formula is C18H18N6O3. The summed E-state index contributed by atoms with van der Waals surface area (Å²) < 4.78 is 3.54. The van der Waals surface area contributed by atoms with Crippen molar-refractivity contribution in [1.82, 2.24) is 19.6 Å². The van der Waals surface area contributed by atoms with Gasteiger partial charge in [-0.2, -0.15) is 10.2 Å². The van der Waals surface area contributed by atoms with Crippen molar-refractivity contribution in [2.45, 2.75) is 20.0 Å². The summed E-state index contributed by atoms with van der Waals surface area (Å²) in [6, 6.07) is 6.06. The summed E-state index contributed by atoms with van der Waals surface area (Å²) >= 11 is 0. The molecule has 138 valence electrons. The van der Waals surface area contributed by atoms with Gasteiger partial charge >= 0.3 is 0 Å². The van der Waals surface area contributed by atoms with Crippen LogP contribution in [0.25, 0.3) is 6.08 Å². The van der Waals surface area contributed by atoms with Crippen LogP contribution >= 0.6 is 0 Å².